The summed E-state index contributed by atoms with van der Waals surface area (Å²) in [7, 11) is 0. The van der Waals surface area contributed by atoms with E-state index in [1.807, 2.05) is 0 Å². The van der Waals surface area contributed by atoms with Gasteiger partial charge in [-0.05, 0) is 42.5 Å². The van der Waals surface area contributed by atoms with Crippen molar-refractivity contribution in [2.45, 2.75) is 0 Å². The highest BCUT2D eigenvalue weighted by Crippen LogP contribution is 2.29. The van der Waals surface area contributed by atoms with Gasteiger partial charge in [-0.2, -0.15) is 9.61 Å². The van der Waals surface area contributed by atoms with E-state index in [1.165, 1.54) is 35.6 Å². The molecule has 0 bridgehead atoms. The predicted molar refractivity (Wildman–Crippen MR) is 84.5 cm³/mol. The van der Waals surface area contributed by atoms with Crippen LogP contribution in [0, 0.1) is 11.6 Å². The highest BCUT2D eigenvalue weighted by Gasteiger charge is 2.15. The maximum atomic E-state index is 13.3. The first kappa shape index (κ1) is 14.2. The quantitative estimate of drug-likeness (QED) is 0.537. The molecule has 0 fully saturated rings. The lowest BCUT2D eigenvalue weighted by Crippen LogP contribution is -1.91. The molecule has 0 saturated heterocycles. The van der Waals surface area contributed by atoms with Crippen LogP contribution in [-0.4, -0.2) is 19.8 Å². The van der Waals surface area contributed by atoms with Crippen LogP contribution in [0.2, 0.25) is 5.02 Å². The summed E-state index contributed by atoms with van der Waals surface area (Å²) in [5.74, 6) is -0.341. The van der Waals surface area contributed by atoms with E-state index in [2.05, 4.69) is 15.3 Å². The smallest absolute Gasteiger partial charge is 0.207 e. The van der Waals surface area contributed by atoms with Crippen molar-refractivity contribution in [3.8, 4) is 22.0 Å². The van der Waals surface area contributed by atoms with E-state index < -0.39 is 5.82 Å². The van der Waals surface area contributed by atoms with Crippen molar-refractivity contribution in [3.05, 3.63) is 59.1 Å². The van der Waals surface area contributed by atoms with Gasteiger partial charge in [-0.1, -0.05) is 22.9 Å². The van der Waals surface area contributed by atoms with Crippen LogP contribution in [0.4, 0.5) is 8.78 Å². The van der Waals surface area contributed by atoms with E-state index in [4.69, 9.17) is 11.6 Å². The topological polar surface area (TPSA) is 43.1 Å². The number of fused-ring (bicyclic) bond motifs is 1. The normalized spacial score (nSPS) is 11.3. The van der Waals surface area contributed by atoms with Gasteiger partial charge in [0.15, 0.2) is 5.82 Å². The van der Waals surface area contributed by atoms with Crippen LogP contribution < -0.4 is 0 Å². The van der Waals surface area contributed by atoms with Crippen LogP contribution in [0.5, 0.6) is 0 Å². The Morgan fingerprint density at radius 2 is 1.70 bits per heavy atom. The second-order valence-electron chi connectivity index (χ2n) is 4.76. The first-order chi connectivity index (χ1) is 11.1. The molecule has 0 atom stereocenters. The molecule has 4 rings (SSSR count). The van der Waals surface area contributed by atoms with Crippen LogP contribution in [0.3, 0.4) is 0 Å². The summed E-state index contributed by atoms with van der Waals surface area (Å²) in [6.45, 7) is 0. The highest BCUT2D eigenvalue weighted by molar-refractivity contribution is 7.19. The Kier molecular flexibility index (Phi) is 3.32. The molecular formula is C15H7ClF2N4S. The number of halogens is 3. The van der Waals surface area contributed by atoms with Gasteiger partial charge in [-0.25, -0.2) is 8.78 Å². The number of aromatic nitrogens is 4. The highest BCUT2D eigenvalue weighted by atomic mass is 35.5. The van der Waals surface area contributed by atoms with Crippen molar-refractivity contribution in [1.82, 2.24) is 19.8 Å². The number of hydrogen-bond acceptors (Lipinski definition) is 4. The Balaban J connectivity index is 1.83. The minimum Gasteiger partial charge on any atom is -0.207 e. The zero-order valence-electron chi connectivity index (χ0n) is 11.4. The molecule has 0 spiro atoms. The number of rotatable bonds is 2. The second kappa shape index (κ2) is 5.36. The van der Waals surface area contributed by atoms with Crippen molar-refractivity contribution in [2.75, 3.05) is 0 Å². The van der Waals surface area contributed by atoms with Crippen LogP contribution in [-0.2, 0) is 0 Å². The molecule has 0 N–H and O–H groups in total. The molecule has 0 aliphatic rings. The van der Waals surface area contributed by atoms with Gasteiger partial charge in [0, 0.05) is 11.1 Å². The fourth-order valence-corrected chi connectivity index (χ4v) is 3.17. The SMILES string of the molecule is Fc1ccc(-c2nn3c(-c4ccc(F)c(Cl)c4)nnc3s2)cc1. The summed E-state index contributed by atoms with van der Waals surface area (Å²) in [4.78, 5) is 0.583. The molecule has 0 aliphatic carbocycles. The molecule has 4 nitrogen and oxygen atoms in total. The standard InChI is InChI=1S/C15H7ClF2N4S/c16-11-7-9(3-6-12(11)18)13-19-20-15-22(13)21-14(23-15)8-1-4-10(17)5-2-8/h1-7H. The van der Waals surface area contributed by atoms with Gasteiger partial charge in [-0.15, -0.1) is 10.2 Å². The third kappa shape index (κ3) is 2.47. The molecule has 0 saturated carbocycles. The summed E-state index contributed by atoms with van der Waals surface area (Å²) in [5, 5.41) is 13.3. The van der Waals surface area contributed by atoms with E-state index in [9.17, 15) is 8.78 Å². The molecule has 2 aromatic carbocycles. The van der Waals surface area contributed by atoms with E-state index in [-0.39, 0.29) is 10.8 Å². The van der Waals surface area contributed by atoms with Gasteiger partial charge in [-0.3, -0.25) is 0 Å². The Morgan fingerprint density at radius 3 is 2.43 bits per heavy atom. The zero-order valence-corrected chi connectivity index (χ0v) is 12.9. The molecule has 0 aliphatic heterocycles. The predicted octanol–water partition coefficient (Wildman–Crippen LogP) is 4.45. The third-order valence-electron chi connectivity index (χ3n) is 3.26. The number of hydrogen-bond donors (Lipinski definition) is 0. The lowest BCUT2D eigenvalue weighted by atomic mass is 10.2. The zero-order chi connectivity index (χ0) is 16.0. The summed E-state index contributed by atoms with van der Waals surface area (Å²) in [6, 6.07) is 10.4. The maximum absolute atomic E-state index is 13.3. The van der Waals surface area contributed by atoms with Crippen LogP contribution in [0.15, 0.2) is 42.5 Å². The maximum Gasteiger partial charge on any atom is 0.235 e. The molecule has 2 aromatic heterocycles. The van der Waals surface area contributed by atoms with Crippen molar-refractivity contribution < 1.29 is 8.78 Å². The van der Waals surface area contributed by atoms with Crippen molar-refractivity contribution in [1.29, 1.82) is 0 Å². The minimum absolute atomic E-state index is 0.00763. The average Bonchev–Trinajstić information content (AvgIpc) is 3.11. The molecular weight excluding hydrogens is 342 g/mol. The van der Waals surface area contributed by atoms with Gasteiger partial charge in [0.1, 0.15) is 16.6 Å². The van der Waals surface area contributed by atoms with Gasteiger partial charge < -0.3 is 0 Å². The third-order valence-corrected chi connectivity index (χ3v) is 4.50. The summed E-state index contributed by atoms with van der Waals surface area (Å²) < 4.78 is 27.9. The fourth-order valence-electron chi connectivity index (χ4n) is 2.14. The van der Waals surface area contributed by atoms with Gasteiger partial charge in [0.25, 0.3) is 0 Å². The monoisotopic (exact) mass is 348 g/mol. The molecule has 2 heterocycles. The Hall–Kier alpha value is -2.38. The molecule has 8 heteroatoms. The summed E-state index contributed by atoms with van der Waals surface area (Å²) in [5.41, 5.74) is 1.39. The van der Waals surface area contributed by atoms with Gasteiger partial charge in [0.05, 0.1) is 5.02 Å². The van der Waals surface area contributed by atoms with Crippen LogP contribution in [0.1, 0.15) is 0 Å². The lowest BCUT2D eigenvalue weighted by Gasteiger charge is -1.99. The fraction of sp³-hybridized carbons (Fsp3) is 0. The van der Waals surface area contributed by atoms with Crippen LogP contribution >= 0.6 is 22.9 Å². The second-order valence-corrected chi connectivity index (χ2v) is 6.12. The Labute approximate surface area is 138 Å². The van der Waals surface area contributed by atoms with E-state index in [1.54, 1.807) is 22.7 Å². The Morgan fingerprint density at radius 1 is 0.957 bits per heavy atom. The largest absolute Gasteiger partial charge is 0.235 e. The number of benzene rings is 2. The molecule has 0 amide bonds. The van der Waals surface area contributed by atoms with E-state index in [0.717, 1.165) is 5.56 Å². The first-order valence-corrected chi connectivity index (χ1v) is 7.75. The van der Waals surface area contributed by atoms with E-state index >= 15 is 0 Å². The molecule has 23 heavy (non-hydrogen) atoms. The van der Waals surface area contributed by atoms with Gasteiger partial charge >= 0.3 is 0 Å². The average molecular weight is 349 g/mol. The van der Waals surface area contributed by atoms with Crippen LogP contribution in [0.25, 0.3) is 26.9 Å². The first-order valence-electron chi connectivity index (χ1n) is 6.55. The Bertz CT molecular complexity index is 1010. The summed E-state index contributed by atoms with van der Waals surface area (Å²) >= 11 is 7.14. The van der Waals surface area contributed by atoms with Crippen molar-refractivity contribution >= 4 is 27.9 Å². The van der Waals surface area contributed by atoms with Crippen molar-refractivity contribution in [2.24, 2.45) is 0 Å². The van der Waals surface area contributed by atoms with E-state index in [0.29, 0.717) is 21.4 Å². The van der Waals surface area contributed by atoms with Crippen molar-refractivity contribution in [3.63, 3.8) is 0 Å². The molecule has 4 aromatic rings. The minimum atomic E-state index is -0.499. The molecule has 0 radical (unpaired) electrons. The lowest BCUT2D eigenvalue weighted by molar-refractivity contribution is 0.627. The summed E-state index contributed by atoms with van der Waals surface area (Å²) in [6.07, 6.45) is 0. The molecule has 114 valence electrons. The van der Waals surface area contributed by atoms with Gasteiger partial charge in [0.2, 0.25) is 4.96 Å². The molecule has 0 unspecified atom stereocenters. The number of nitrogens with zero attached hydrogens (tertiary/aromatic N) is 4.